The number of carbonyl (C=O) groups excluding carboxylic acids is 2. The number of ether oxygens (including phenoxy) is 1. The monoisotopic (exact) mass is 399 g/mol. The van der Waals surface area contributed by atoms with E-state index in [0.717, 1.165) is 30.5 Å². The summed E-state index contributed by atoms with van der Waals surface area (Å²) in [5.74, 6) is -1.14. The molecule has 2 aromatic carbocycles. The Bertz CT molecular complexity index is 802. The fourth-order valence-electron chi connectivity index (χ4n) is 3.63. The summed E-state index contributed by atoms with van der Waals surface area (Å²) in [4.78, 5) is 25.5. The van der Waals surface area contributed by atoms with Crippen molar-refractivity contribution in [1.82, 2.24) is 0 Å². The number of hydrogen-bond donors (Lipinski definition) is 1. The van der Waals surface area contributed by atoms with Crippen molar-refractivity contribution < 1.29 is 14.3 Å². The number of carbonyl (C=O) groups is 2. The predicted molar refractivity (Wildman–Crippen MR) is 111 cm³/mol. The van der Waals surface area contributed by atoms with Crippen molar-refractivity contribution >= 4 is 29.2 Å². The van der Waals surface area contributed by atoms with Crippen molar-refractivity contribution in [2.75, 3.05) is 5.32 Å². The van der Waals surface area contributed by atoms with Crippen LogP contribution in [0.3, 0.4) is 0 Å². The molecule has 0 unspecified atom stereocenters. The molecule has 0 heterocycles. The van der Waals surface area contributed by atoms with E-state index >= 15 is 0 Å². The summed E-state index contributed by atoms with van der Waals surface area (Å²) >= 11 is 5.88. The minimum absolute atomic E-state index is 0.0996. The van der Waals surface area contributed by atoms with Gasteiger partial charge in [-0.3, -0.25) is 9.59 Å². The molecular formula is C23H26ClNO3. The van der Waals surface area contributed by atoms with Crippen LogP contribution in [0, 0.1) is 11.8 Å². The number of amides is 1. The van der Waals surface area contributed by atoms with Gasteiger partial charge < -0.3 is 10.1 Å². The predicted octanol–water partition coefficient (Wildman–Crippen LogP) is 5.39. The van der Waals surface area contributed by atoms with E-state index in [-0.39, 0.29) is 24.4 Å². The first kappa shape index (κ1) is 20.4. The molecule has 1 N–H and O–H groups in total. The number of hydrogen-bond acceptors (Lipinski definition) is 3. The Morgan fingerprint density at radius 2 is 1.57 bits per heavy atom. The average Bonchev–Trinajstić information content (AvgIpc) is 2.73. The van der Waals surface area contributed by atoms with Crippen LogP contribution >= 0.6 is 11.6 Å². The van der Waals surface area contributed by atoms with Gasteiger partial charge >= 0.3 is 5.97 Å². The molecule has 0 aliphatic heterocycles. The van der Waals surface area contributed by atoms with Crippen LogP contribution in [0.4, 0.5) is 5.69 Å². The lowest BCUT2D eigenvalue weighted by Crippen LogP contribution is -2.37. The second-order valence-electron chi connectivity index (χ2n) is 7.27. The van der Waals surface area contributed by atoms with Crippen LogP contribution in [-0.2, 0) is 27.4 Å². The molecule has 0 aromatic heterocycles. The van der Waals surface area contributed by atoms with Gasteiger partial charge in [-0.1, -0.05) is 55.6 Å². The molecule has 5 heteroatoms. The van der Waals surface area contributed by atoms with E-state index in [9.17, 15) is 9.59 Å². The Morgan fingerprint density at radius 1 is 0.964 bits per heavy atom. The van der Waals surface area contributed by atoms with Gasteiger partial charge in [0.25, 0.3) is 0 Å². The van der Waals surface area contributed by atoms with Crippen LogP contribution in [0.1, 0.15) is 43.7 Å². The number of nitrogens with one attached hydrogen (secondary N) is 1. The highest BCUT2D eigenvalue weighted by Crippen LogP contribution is 2.32. The van der Waals surface area contributed by atoms with E-state index in [1.807, 2.05) is 36.4 Å². The van der Waals surface area contributed by atoms with E-state index in [1.54, 1.807) is 12.1 Å². The molecule has 1 fully saturated rings. The molecule has 2 atom stereocenters. The van der Waals surface area contributed by atoms with Gasteiger partial charge in [0, 0.05) is 10.7 Å². The zero-order valence-electron chi connectivity index (χ0n) is 16.1. The maximum atomic E-state index is 12.8. The highest BCUT2D eigenvalue weighted by molar-refractivity contribution is 6.30. The minimum Gasteiger partial charge on any atom is -0.461 e. The SMILES string of the molecule is CCc1ccc(NC(=O)[C@@H]2CCCC[C@H]2C(=O)OCc2ccc(Cl)cc2)cc1. The normalized spacial score (nSPS) is 19.1. The highest BCUT2D eigenvalue weighted by atomic mass is 35.5. The van der Waals surface area contributed by atoms with Crippen LogP contribution in [0.25, 0.3) is 0 Å². The fourth-order valence-corrected chi connectivity index (χ4v) is 3.75. The van der Waals surface area contributed by atoms with Gasteiger partial charge in [-0.2, -0.15) is 0 Å². The summed E-state index contributed by atoms with van der Waals surface area (Å²) in [5, 5.41) is 3.61. The Labute approximate surface area is 171 Å². The van der Waals surface area contributed by atoms with Crippen molar-refractivity contribution in [3.8, 4) is 0 Å². The molecule has 3 rings (SSSR count). The van der Waals surface area contributed by atoms with Crippen LogP contribution in [0.5, 0.6) is 0 Å². The summed E-state index contributed by atoms with van der Waals surface area (Å²) in [6, 6.07) is 15.0. The number of rotatable bonds is 6. The van der Waals surface area contributed by atoms with Crippen molar-refractivity contribution in [2.24, 2.45) is 11.8 Å². The molecule has 0 radical (unpaired) electrons. The summed E-state index contributed by atoms with van der Waals surface area (Å²) in [5.41, 5.74) is 2.87. The zero-order chi connectivity index (χ0) is 19.9. The topological polar surface area (TPSA) is 55.4 Å². The van der Waals surface area contributed by atoms with E-state index in [2.05, 4.69) is 12.2 Å². The molecule has 2 aromatic rings. The van der Waals surface area contributed by atoms with Gasteiger partial charge in [0.2, 0.25) is 5.91 Å². The maximum absolute atomic E-state index is 12.8. The lowest BCUT2D eigenvalue weighted by Gasteiger charge is -2.29. The first-order valence-corrected chi connectivity index (χ1v) is 10.3. The molecule has 28 heavy (non-hydrogen) atoms. The van der Waals surface area contributed by atoms with Gasteiger partial charge in [-0.25, -0.2) is 0 Å². The number of aryl methyl sites for hydroxylation is 1. The van der Waals surface area contributed by atoms with Crippen molar-refractivity contribution in [3.05, 3.63) is 64.7 Å². The first-order chi connectivity index (χ1) is 13.6. The van der Waals surface area contributed by atoms with Crippen LogP contribution in [0.2, 0.25) is 5.02 Å². The van der Waals surface area contributed by atoms with Gasteiger partial charge in [0.05, 0.1) is 11.8 Å². The second kappa shape index (κ2) is 9.74. The smallest absolute Gasteiger partial charge is 0.310 e. The Kier molecular flexibility index (Phi) is 7.10. The summed E-state index contributed by atoms with van der Waals surface area (Å²) in [7, 11) is 0. The second-order valence-corrected chi connectivity index (χ2v) is 7.71. The average molecular weight is 400 g/mol. The molecule has 0 saturated heterocycles. The van der Waals surface area contributed by atoms with E-state index < -0.39 is 5.92 Å². The molecule has 148 valence electrons. The maximum Gasteiger partial charge on any atom is 0.310 e. The number of anilines is 1. The summed E-state index contributed by atoms with van der Waals surface area (Å²) in [6.07, 6.45) is 4.24. The Morgan fingerprint density at radius 3 is 2.21 bits per heavy atom. The number of halogens is 1. The van der Waals surface area contributed by atoms with Crippen LogP contribution < -0.4 is 5.32 Å². The third-order valence-electron chi connectivity index (χ3n) is 5.33. The van der Waals surface area contributed by atoms with Crippen molar-refractivity contribution in [2.45, 2.75) is 45.6 Å². The van der Waals surface area contributed by atoms with Crippen LogP contribution in [0.15, 0.2) is 48.5 Å². The van der Waals surface area contributed by atoms with E-state index in [4.69, 9.17) is 16.3 Å². The number of benzene rings is 2. The lowest BCUT2D eigenvalue weighted by atomic mass is 9.78. The van der Waals surface area contributed by atoms with Gasteiger partial charge in [0.15, 0.2) is 0 Å². The lowest BCUT2D eigenvalue weighted by molar-refractivity contribution is -0.155. The largest absolute Gasteiger partial charge is 0.461 e. The van der Waals surface area contributed by atoms with Gasteiger partial charge in [-0.05, 0) is 54.7 Å². The Balaban J connectivity index is 1.60. The zero-order valence-corrected chi connectivity index (χ0v) is 16.9. The number of esters is 1. The summed E-state index contributed by atoms with van der Waals surface area (Å²) < 4.78 is 5.51. The van der Waals surface area contributed by atoms with E-state index in [0.29, 0.717) is 17.9 Å². The third kappa shape index (κ3) is 5.35. The quantitative estimate of drug-likeness (QED) is 0.662. The van der Waals surface area contributed by atoms with Gasteiger partial charge in [-0.15, -0.1) is 0 Å². The molecule has 0 bridgehead atoms. The molecule has 0 spiro atoms. The van der Waals surface area contributed by atoms with Crippen molar-refractivity contribution in [1.29, 1.82) is 0 Å². The standard InChI is InChI=1S/C23H26ClNO3/c1-2-16-9-13-19(14-10-16)25-22(26)20-5-3-4-6-21(20)23(27)28-15-17-7-11-18(24)12-8-17/h7-14,20-21H,2-6,15H2,1H3,(H,25,26)/t20-,21-/m1/s1. The molecule has 1 aliphatic rings. The molecule has 1 aliphatic carbocycles. The molecular weight excluding hydrogens is 374 g/mol. The first-order valence-electron chi connectivity index (χ1n) is 9.87. The van der Waals surface area contributed by atoms with Crippen LogP contribution in [-0.4, -0.2) is 11.9 Å². The highest BCUT2D eigenvalue weighted by Gasteiger charge is 2.36. The third-order valence-corrected chi connectivity index (χ3v) is 5.58. The van der Waals surface area contributed by atoms with Gasteiger partial charge in [0.1, 0.15) is 6.61 Å². The molecule has 1 saturated carbocycles. The summed E-state index contributed by atoms with van der Waals surface area (Å²) in [6.45, 7) is 2.29. The van der Waals surface area contributed by atoms with Crippen molar-refractivity contribution in [3.63, 3.8) is 0 Å². The molecule has 1 amide bonds. The fraction of sp³-hybridized carbons (Fsp3) is 0.391. The van der Waals surface area contributed by atoms with E-state index in [1.165, 1.54) is 5.56 Å². The molecule has 4 nitrogen and oxygen atoms in total. The minimum atomic E-state index is -0.393. The Hall–Kier alpha value is -2.33.